The largest absolute Gasteiger partial charge is 0.338 e. The summed E-state index contributed by atoms with van der Waals surface area (Å²) >= 11 is 0. The van der Waals surface area contributed by atoms with Gasteiger partial charge >= 0.3 is 0 Å². The van der Waals surface area contributed by atoms with Gasteiger partial charge < -0.3 is 4.98 Å². The molecule has 0 radical (unpaired) electrons. The molecule has 6 heteroatoms. The maximum Gasteiger partial charge on any atom is 0.175 e. The monoisotopic (exact) mass is 273 g/mol. The average Bonchev–Trinajstić information content (AvgIpc) is 2.81. The molecule has 1 aromatic carbocycles. The van der Waals surface area contributed by atoms with Gasteiger partial charge in [-0.05, 0) is 30.3 Å². The highest BCUT2D eigenvalue weighted by Gasteiger charge is 2.10. The van der Waals surface area contributed by atoms with E-state index in [4.69, 9.17) is 0 Å². The van der Waals surface area contributed by atoms with Crippen molar-refractivity contribution in [2.45, 2.75) is 4.90 Å². The van der Waals surface area contributed by atoms with E-state index in [1.807, 2.05) is 12.1 Å². The Morgan fingerprint density at radius 2 is 1.84 bits per heavy atom. The summed E-state index contributed by atoms with van der Waals surface area (Å²) in [5, 5.41) is 0. The van der Waals surface area contributed by atoms with Crippen LogP contribution in [0.2, 0.25) is 0 Å². The smallest absolute Gasteiger partial charge is 0.175 e. The molecule has 0 bridgehead atoms. The summed E-state index contributed by atoms with van der Waals surface area (Å²) in [6, 6.07) is 8.55. The minimum absolute atomic E-state index is 0.282. The van der Waals surface area contributed by atoms with Crippen molar-refractivity contribution >= 4 is 20.9 Å². The molecule has 96 valence electrons. The third kappa shape index (κ3) is 2.22. The number of nitrogens with zero attached hydrogens (tertiary/aromatic N) is 2. The van der Waals surface area contributed by atoms with Crippen molar-refractivity contribution in [3.05, 3.63) is 42.7 Å². The Morgan fingerprint density at radius 1 is 1.11 bits per heavy atom. The van der Waals surface area contributed by atoms with Gasteiger partial charge in [0.05, 0.1) is 15.9 Å². The fraction of sp³-hybridized carbons (Fsp3) is 0.0769. The van der Waals surface area contributed by atoms with Crippen molar-refractivity contribution in [2.24, 2.45) is 0 Å². The SMILES string of the molecule is CS(=O)(=O)c1ccc2nc(-c3ccncc3)[nH]c2c1. The average molecular weight is 273 g/mol. The number of hydrogen-bond acceptors (Lipinski definition) is 4. The number of rotatable bonds is 2. The molecule has 0 amide bonds. The molecule has 0 unspecified atom stereocenters. The fourth-order valence-corrected chi connectivity index (χ4v) is 2.51. The highest BCUT2D eigenvalue weighted by Crippen LogP contribution is 2.22. The molecule has 0 fully saturated rings. The van der Waals surface area contributed by atoms with E-state index in [1.165, 1.54) is 6.26 Å². The van der Waals surface area contributed by atoms with E-state index in [0.29, 0.717) is 11.3 Å². The second-order valence-electron chi connectivity index (χ2n) is 4.27. The highest BCUT2D eigenvalue weighted by atomic mass is 32.2. The lowest BCUT2D eigenvalue weighted by Crippen LogP contribution is -1.96. The van der Waals surface area contributed by atoms with Gasteiger partial charge in [0, 0.05) is 24.2 Å². The second-order valence-corrected chi connectivity index (χ2v) is 6.29. The van der Waals surface area contributed by atoms with Crippen LogP contribution >= 0.6 is 0 Å². The molecule has 5 nitrogen and oxygen atoms in total. The zero-order chi connectivity index (χ0) is 13.5. The predicted molar refractivity (Wildman–Crippen MR) is 72.4 cm³/mol. The van der Waals surface area contributed by atoms with Crippen molar-refractivity contribution in [3.8, 4) is 11.4 Å². The number of hydrogen-bond donors (Lipinski definition) is 1. The van der Waals surface area contributed by atoms with Gasteiger partial charge in [-0.3, -0.25) is 4.98 Å². The van der Waals surface area contributed by atoms with Gasteiger partial charge in [-0.1, -0.05) is 0 Å². The Labute approximate surface area is 110 Å². The number of pyridine rings is 1. The Hall–Kier alpha value is -2.21. The number of imidazole rings is 1. The molecule has 0 atom stereocenters. The molecule has 1 N–H and O–H groups in total. The minimum atomic E-state index is -3.21. The molecule has 0 aliphatic rings. The van der Waals surface area contributed by atoms with Crippen LogP contribution in [0.4, 0.5) is 0 Å². The summed E-state index contributed by atoms with van der Waals surface area (Å²) in [5.41, 5.74) is 2.35. The summed E-state index contributed by atoms with van der Waals surface area (Å²) in [7, 11) is -3.21. The number of benzene rings is 1. The zero-order valence-corrected chi connectivity index (χ0v) is 11.0. The van der Waals surface area contributed by atoms with Crippen LogP contribution in [0.15, 0.2) is 47.6 Å². The molecule has 2 heterocycles. The topological polar surface area (TPSA) is 75.7 Å². The normalized spacial score (nSPS) is 11.8. The molecular formula is C13H11N3O2S. The standard InChI is InChI=1S/C13H11N3O2S/c1-19(17,18)10-2-3-11-12(8-10)16-13(15-11)9-4-6-14-7-5-9/h2-8H,1H3,(H,15,16). The van der Waals surface area contributed by atoms with E-state index >= 15 is 0 Å². The third-order valence-electron chi connectivity index (χ3n) is 2.84. The second kappa shape index (κ2) is 4.17. The van der Waals surface area contributed by atoms with Gasteiger partial charge in [-0.2, -0.15) is 0 Å². The first-order valence-electron chi connectivity index (χ1n) is 5.64. The molecule has 0 spiro atoms. The minimum Gasteiger partial charge on any atom is -0.338 e. The number of H-pyrrole nitrogens is 1. The summed E-state index contributed by atoms with van der Waals surface area (Å²) in [5.74, 6) is 0.697. The molecule has 0 saturated carbocycles. The number of sulfone groups is 1. The van der Waals surface area contributed by atoms with Crippen LogP contribution in [0.3, 0.4) is 0 Å². The summed E-state index contributed by atoms with van der Waals surface area (Å²) in [6.45, 7) is 0. The number of fused-ring (bicyclic) bond motifs is 1. The first kappa shape index (κ1) is 11.9. The molecule has 19 heavy (non-hydrogen) atoms. The molecular weight excluding hydrogens is 262 g/mol. The van der Waals surface area contributed by atoms with Crippen molar-refractivity contribution in [1.82, 2.24) is 15.0 Å². The van der Waals surface area contributed by atoms with Crippen LogP contribution in [0, 0.1) is 0 Å². The van der Waals surface area contributed by atoms with Crippen molar-refractivity contribution < 1.29 is 8.42 Å². The molecule has 3 rings (SSSR count). The Bertz CT molecular complexity index is 839. The van der Waals surface area contributed by atoms with E-state index < -0.39 is 9.84 Å². The first-order valence-corrected chi connectivity index (χ1v) is 7.53. The van der Waals surface area contributed by atoms with Crippen molar-refractivity contribution in [2.75, 3.05) is 6.26 Å². The van der Waals surface area contributed by atoms with Crippen molar-refractivity contribution in [3.63, 3.8) is 0 Å². The number of aromatic amines is 1. The maximum absolute atomic E-state index is 11.5. The Balaban J connectivity index is 2.17. The summed E-state index contributed by atoms with van der Waals surface area (Å²) in [6.07, 6.45) is 4.56. The van der Waals surface area contributed by atoms with Gasteiger partial charge in [0.15, 0.2) is 9.84 Å². The van der Waals surface area contributed by atoms with Crippen molar-refractivity contribution in [1.29, 1.82) is 0 Å². The van der Waals surface area contributed by atoms with Gasteiger partial charge in [0.2, 0.25) is 0 Å². The zero-order valence-electron chi connectivity index (χ0n) is 10.2. The summed E-state index contributed by atoms with van der Waals surface area (Å²) in [4.78, 5) is 11.8. The van der Waals surface area contributed by atoms with Crippen LogP contribution in [0.5, 0.6) is 0 Å². The van der Waals surface area contributed by atoms with Crippen LogP contribution in [0.25, 0.3) is 22.4 Å². The highest BCUT2D eigenvalue weighted by molar-refractivity contribution is 7.90. The molecule has 2 aromatic heterocycles. The first-order chi connectivity index (χ1) is 9.04. The maximum atomic E-state index is 11.5. The van der Waals surface area contributed by atoms with E-state index in [0.717, 1.165) is 11.1 Å². The fourth-order valence-electron chi connectivity index (χ4n) is 1.87. The molecule has 0 saturated heterocycles. The van der Waals surface area contributed by atoms with Crippen LogP contribution < -0.4 is 0 Å². The predicted octanol–water partition coefficient (Wildman–Crippen LogP) is 2.03. The Kier molecular flexibility index (Phi) is 2.60. The molecule has 3 aromatic rings. The van der Waals surface area contributed by atoms with E-state index in [9.17, 15) is 8.42 Å². The van der Waals surface area contributed by atoms with Gasteiger partial charge in [0.1, 0.15) is 5.82 Å². The third-order valence-corrected chi connectivity index (χ3v) is 3.95. The van der Waals surface area contributed by atoms with Crippen LogP contribution in [0.1, 0.15) is 0 Å². The molecule has 0 aliphatic carbocycles. The summed E-state index contributed by atoms with van der Waals surface area (Å²) < 4.78 is 23.0. The number of aromatic nitrogens is 3. The molecule has 0 aliphatic heterocycles. The van der Waals surface area contributed by atoms with Gasteiger partial charge in [-0.15, -0.1) is 0 Å². The van der Waals surface area contributed by atoms with E-state index in [1.54, 1.807) is 30.6 Å². The van der Waals surface area contributed by atoms with Gasteiger partial charge in [0.25, 0.3) is 0 Å². The van der Waals surface area contributed by atoms with E-state index in [-0.39, 0.29) is 4.90 Å². The van der Waals surface area contributed by atoms with Crippen LogP contribution in [-0.4, -0.2) is 29.6 Å². The van der Waals surface area contributed by atoms with Crippen LogP contribution in [-0.2, 0) is 9.84 Å². The van der Waals surface area contributed by atoms with Gasteiger partial charge in [-0.25, -0.2) is 13.4 Å². The Morgan fingerprint density at radius 3 is 2.53 bits per heavy atom. The number of nitrogens with one attached hydrogen (secondary N) is 1. The lowest BCUT2D eigenvalue weighted by atomic mass is 10.3. The quantitative estimate of drug-likeness (QED) is 0.775. The lowest BCUT2D eigenvalue weighted by molar-refractivity contribution is 0.602. The van der Waals surface area contributed by atoms with E-state index in [2.05, 4.69) is 15.0 Å². The lowest BCUT2D eigenvalue weighted by Gasteiger charge is -1.96.